The molecule has 2 bridgehead atoms. The highest BCUT2D eigenvalue weighted by atomic mass is 16.5. The summed E-state index contributed by atoms with van der Waals surface area (Å²) in [5, 5.41) is 0. The summed E-state index contributed by atoms with van der Waals surface area (Å²) < 4.78 is 5.18. The molecule has 3 nitrogen and oxygen atoms in total. The second kappa shape index (κ2) is 4.84. The molecule has 1 aliphatic heterocycles. The summed E-state index contributed by atoms with van der Waals surface area (Å²) in [6.07, 6.45) is 0. The fourth-order valence-corrected chi connectivity index (χ4v) is 0.892. The minimum absolute atomic E-state index is 0.412. The Morgan fingerprint density at radius 1 is 1.46 bits per heavy atom. The van der Waals surface area contributed by atoms with Gasteiger partial charge in [-0.2, -0.15) is 0 Å². The number of ether oxygens (including phenoxy) is 1. The van der Waals surface area contributed by atoms with Crippen molar-refractivity contribution in [2.45, 2.75) is 26.5 Å². The van der Waals surface area contributed by atoms with Gasteiger partial charge in [-0.3, -0.25) is 11.3 Å². The number of benzene rings is 1. The van der Waals surface area contributed by atoms with E-state index in [1.165, 1.54) is 5.56 Å². The molecule has 0 atom stereocenters. The van der Waals surface area contributed by atoms with E-state index in [2.05, 4.69) is 17.6 Å². The van der Waals surface area contributed by atoms with E-state index in [0.29, 0.717) is 6.04 Å². The zero-order valence-electron chi connectivity index (χ0n) is 8.08. The van der Waals surface area contributed by atoms with Crippen LogP contribution in [0.2, 0.25) is 0 Å². The molecule has 1 aliphatic rings. The van der Waals surface area contributed by atoms with Gasteiger partial charge in [-0.05, 0) is 31.5 Å². The summed E-state index contributed by atoms with van der Waals surface area (Å²) in [5.74, 6) is 5.92. The van der Waals surface area contributed by atoms with Crippen LogP contribution in [0.1, 0.15) is 19.4 Å². The first-order valence-electron chi connectivity index (χ1n) is 4.40. The minimum atomic E-state index is 0.412. The van der Waals surface area contributed by atoms with Crippen molar-refractivity contribution in [1.29, 1.82) is 0 Å². The van der Waals surface area contributed by atoms with Crippen LogP contribution in [-0.2, 0) is 6.61 Å². The first kappa shape index (κ1) is 10.0. The molecule has 0 spiro atoms. The number of fused-ring (bicyclic) bond motifs is 2. The molecule has 3 heteroatoms. The molecule has 0 amide bonds. The van der Waals surface area contributed by atoms with Crippen LogP contribution in [-0.4, -0.2) is 6.04 Å². The highest BCUT2D eigenvalue weighted by molar-refractivity contribution is 5.32. The van der Waals surface area contributed by atoms with E-state index in [1.807, 2.05) is 26.0 Å². The summed E-state index contributed by atoms with van der Waals surface area (Å²) >= 11 is 0. The van der Waals surface area contributed by atoms with Crippen molar-refractivity contribution in [3.8, 4) is 5.75 Å². The van der Waals surface area contributed by atoms with E-state index >= 15 is 0 Å². The summed E-state index contributed by atoms with van der Waals surface area (Å²) in [6.45, 7) is 4.74. The van der Waals surface area contributed by atoms with Gasteiger partial charge in [0.1, 0.15) is 12.4 Å². The van der Waals surface area contributed by atoms with E-state index < -0.39 is 0 Å². The Bertz CT molecular complexity index is 242. The SMILES string of the molecule is CC(C)NN.c1cc2cc(c1)OC2. The summed E-state index contributed by atoms with van der Waals surface area (Å²) in [4.78, 5) is 0. The van der Waals surface area contributed by atoms with Crippen LogP contribution in [0.4, 0.5) is 0 Å². The van der Waals surface area contributed by atoms with Crippen molar-refractivity contribution in [3.63, 3.8) is 0 Å². The Balaban J connectivity index is 0.000000149. The molecule has 72 valence electrons. The maximum atomic E-state index is 5.18. The number of hydrogen-bond donors (Lipinski definition) is 2. The Hall–Kier alpha value is -1.06. The van der Waals surface area contributed by atoms with Crippen molar-refractivity contribution in [1.82, 2.24) is 5.43 Å². The van der Waals surface area contributed by atoms with Gasteiger partial charge in [-0.25, -0.2) is 0 Å². The Morgan fingerprint density at radius 2 is 2.15 bits per heavy atom. The number of hydrazine groups is 1. The molecule has 0 saturated heterocycles. The van der Waals surface area contributed by atoms with Crippen molar-refractivity contribution >= 4 is 0 Å². The third kappa shape index (κ3) is 3.44. The molecule has 1 heterocycles. The smallest absolute Gasteiger partial charge is 0.120 e. The fraction of sp³-hybridized carbons (Fsp3) is 0.400. The summed E-state index contributed by atoms with van der Waals surface area (Å²) in [7, 11) is 0. The van der Waals surface area contributed by atoms with Gasteiger partial charge in [-0.1, -0.05) is 12.1 Å². The maximum absolute atomic E-state index is 5.18. The minimum Gasteiger partial charge on any atom is -0.489 e. The third-order valence-corrected chi connectivity index (χ3v) is 1.64. The standard InChI is InChI=1S/C7H6O.C3H10N2/c1-2-6-4-7(3-1)8-5-6;1-3(2)5-4/h1-4H,5H2;3,5H,4H2,1-2H3. The molecule has 1 aromatic carbocycles. The van der Waals surface area contributed by atoms with Gasteiger partial charge in [0.15, 0.2) is 0 Å². The van der Waals surface area contributed by atoms with Crippen LogP contribution >= 0.6 is 0 Å². The Morgan fingerprint density at radius 3 is 2.62 bits per heavy atom. The quantitative estimate of drug-likeness (QED) is 0.508. The molecule has 13 heavy (non-hydrogen) atoms. The van der Waals surface area contributed by atoms with Crippen LogP contribution in [0.3, 0.4) is 0 Å². The van der Waals surface area contributed by atoms with Crippen LogP contribution in [0.15, 0.2) is 24.3 Å². The maximum Gasteiger partial charge on any atom is 0.120 e. The average molecular weight is 180 g/mol. The van der Waals surface area contributed by atoms with Gasteiger partial charge < -0.3 is 4.74 Å². The fourth-order valence-electron chi connectivity index (χ4n) is 0.892. The molecular formula is C10H16N2O. The number of nitrogens with two attached hydrogens (primary N) is 1. The van der Waals surface area contributed by atoms with Crippen molar-refractivity contribution in [2.24, 2.45) is 5.84 Å². The first-order valence-corrected chi connectivity index (χ1v) is 4.40. The van der Waals surface area contributed by atoms with Crippen LogP contribution in [0, 0.1) is 0 Å². The zero-order valence-corrected chi connectivity index (χ0v) is 8.08. The zero-order chi connectivity index (χ0) is 9.68. The normalized spacial score (nSPS) is 12.0. The predicted octanol–water partition coefficient (Wildman–Crippen LogP) is 1.44. The van der Waals surface area contributed by atoms with E-state index in [9.17, 15) is 0 Å². The molecule has 0 aliphatic carbocycles. The molecule has 0 radical (unpaired) electrons. The molecule has 0 unspecified atom stereocenters. The van der Waals surface area contributed by atoms with Crippen molar-refractivity contribution in [2.75, 3.05) is 0 Å². The second-order valence-corrected chi connectivity index (χ2v) is 3.26. The van der Waals surface area contributed by atoms with Gasteiger partial charge in [0, 0.05) is 6.04 Å². The molecule has 1 aromatic rings. The van der Waals surface area contributed by atoms with Gasteiger partial charge in [-0.15, -0.1) is 0 Å². The first-order chi connectivity index (χ1) is 6.22. The monoisotopic (exact) mass is 180 g/mol. The second-order valence-electron chi connectivity index (χ2n) is 3.26. The van der Waals surface area contributed by atoms with Crippen LogP contribution in [0.25, 0.3) is 0 Å². The summed E-state index contributed by atoms with van der Waals surface area (Å²) in [6, 6.07) is 8.51. The van der Waals surface area contributed by atoms with Gasteiger partial charge in [0.2, 0.25) is 0 Å². The largest absolute Gasteiger partial charge is 0.489 e. The number of hydrogen-bond acceptors (Lipinski definition) is 3. The predicted molar refractivity (Wildman–Crippen MR) is 53.2 cm³/mol. The van der Waals surface area contributed by atoms with Gasteiger partial charge in [0.05, 0.1) is 0 Å². The average Bonchev–Trinajstić information content (AvgIpc) is 2.47. The molecule has 0 aromatic heterocycles. The van der Waals surface area contributed by atoms with E-state index in [1.54, 1.807) is 0 Å². The van der Waals surface area contributed by atoms with Crippen LogP contribution in [0.5, 0.6) is 5.75 Å². The van der Waals surface area contributed by atoms with E-state index in [4.69, 9.17) is 10.6 Å². The van der Waals surface area contributed by atoms with E-state index in [0.717, 1.165) is 12.4 Å². The number of rotatable bonds is 1. The lowest BCUT2D eigenvalue weighted by atomic mass is 10.2. The van der Waals surface area contributed by atoms with Gasteiger partial charge in [0.25, 0.3) is 0 Å². The van der Waals surface area contributed by atoms with Crippen molar-refractivity contribution in [3.05, 3.63) is 29.8 Å². The van der Waals surface area contributed by atoms with E-state index in [-0.39, 0.29) is 0 Å². The highest BCUT2D eigenvalue weighted by Gasteiger charge is 2.03. The lowest BCUT2D eigenvalue weighted by molar-refractivity contribution is 0.328. The van der Waals surface area contributed by atoms with Crippen molar-refractivity contribution < 1.29 is 4.74 Å². The molecule has 3 N–H and O–H groups in total. The molecular weight excluding hydrogens is 164 g/mol. The molecule has 0 saturated carbocycles. The number of nitrogens with one attached hydrogen (secondary N) is 1. The highest BCUT2D eigenvalue weighted by Crippen LogP contribution is 2.20. The van der Waals surface area contributed by atoms with Crippen LogP contribution < -0.4 is 16.0 Å². The topological polar surface area (TPSA) is 47.3 Å². The lowest BCUT2D eigenvalue weighted by Gasteiger charge is -1.95. The lowest BCUT2D eigenvalue weighted by Crippen LogP contribution is -2.29. The Labute approximate surface area is 78.9 Å². The third-order valence-electron chi connectivity index (χ3n) is 1.64. The van der Waals surface area contributed by atoms with Gasteiger partial charge >= 0.3 is 0 Å². The Kier molecular flexibility index (Phi) is 3.73. The molecule has 2 rings (SSSR count). The summed E-state index contributed by atoms with van der Waals surface area (Å²) in [5.41, 5.74) is 3.81. The molecule has 0 fully saturated rings.